The first-order chi connectivity index (χ1) is 9.35. The Labute approximate surface area is 115 Å². The maximum atomic E-state index is 12.6. The Morgan fingerprint density at radius 1 is 1.40 bits per heavy atom. The Morgan fingerprint density at radius 2 is 2.05 bits per heavy atom. The molecule has 4 nitrogen and oxygen atoms in total. The van der Waals surface area contributed by atoms with Crippen LogP contribution in [-0.2, 0) is 6.18 Å². The van der Waals surface area contributed by atoms with Crippen molar-refractivity contribution in [1.29, 1.82) is 0 Å². The van der Waals surface area contributed by atoms with Crippen molar-refractivity contribution in [1.82, 2.24) is 5.32 Å². The van der Waals surface area contributed by atoms with Crippen LogP contribution in [0.5, 0.6) is 5.75 Å². The highest BCUT2D eigenvalue weighted by molar-refractivity contribution is 5.40. The Kier molecular flexibility index (Phi) is 5.79. The van der Waals surface area contributed by atoms with Crippen LogP contribution in [0.1, 0.15) is 23.7 Å². The highest BCUT2D eigenvalue weighted by Crippen LogP contribution is 2.35. The highest BCUT2D eigenvalue weighted by Gasteiger charge is 2.32. The standard InChI is InChI=1S/C13H19F3N2O2/c1-18-10(5-6-17)12(19)9-4-3-8(13(14,15)16)7-11(9)20-2/h3-4,7,10,12,18-19H,5-6,17H2,1-2H3. The van der Waals surface area contributed by atoms with Crippen LogP contribution in [0.15, 0.2) is 18.2 Å². The van der Waals surface area contributed by atoms with Gasteiger partial charge in [0.1, 0.15) is 5.75 Å². The number of alkyl halides is 3. The molecule has 2 atom stereocenters. The molecule has 1 aromatic rings. The topological polar surface area (TPSA) is 67.5 Å². The van der Waals surface area contributed by atoms with E-state index in [1.807, 2.05) is 0 Å². The molecule has 0 saturated heterocycles. The number of hydrogen-bond acceptors (Lipinski definition) is 4. The summed E-state index contributed by atoms with van der Waals surface area (Å²) in [5, 5.41) is 13.1. The number of halogens is 3. The lowest BCUT2D eigenvalue weighted by Gasteiger charge is -2.24. The fourth-order valence-corrected chi connectivity index (χ4v) is 1.99. The summed E-state index contributed by atoms with van der Waals surface area (Å²) in [6.07, 6.45) is -4.96. The van der Waals surface area contributed by atoms with Crippen molar-refractivity contribution in [2.45, 2.75) is 24.7 Å². The zero-order valence-electron chi connectivity index (χ0n) is 11.4. The quantitative estimate of drug-likeness (QED) is 0.746. The second kappa shape index (κ2) is 6.92. The summed E-state index contributed by atoms with van der Waals surface area (Å²) in [5.74, 6) is 0.00426. The lowest BCUT2D eigenvalue weighted by Crippen LogP contribution is -2.34. The number of nitrogens with one attached hydrogen (secondary N) is 1. The van der Waals surface area contributed by atoms with Crippen LogP contribution in [0.25, 0.3) is 0 Å². The monoisotopic (exact) mass is 292 g/mol. The molecule has 0 amide bonds. The summed E-state index contributed by atoms with van der Waals surface area (Å²) in [6.45, 7) is 0.353. The Morgan fingerprint density at radius 3 is 2.50 bits per heavy atom. The SMILES string of the molecule is CNC(CCN)C(O)c1ccc(C(F)(F)F)cc1OC. The van der Waals surface area contributed by atoms with Gasteiger partial charge in [0.25, 0.3) is 0 Å². The Bertz CT molecular complexity index is 438. The first kappa shape index (κ1) is 16.7. The summed E-state index contributed by atoms with van der Waals surface area (Å²) in [5.41, 5.74) is 4.93. The number of nitrogens with two attached hydrogens (primary N) is 1. The molecule has 0 heterocycles. The van der Waals surface area contributed by atoms with Crippen molar-refractivity contribution < 1.29 is 23.0 Å². The van der Waals surface area contributed by atoms with Crippen molar-refractivity contribution in [2.24, 2.45) is 5.73 Å². The minimum Gasteiger partial charge on any atom is -0.496 e. The van der Waals surface area contributed by atoms with Gasteiger partial charge in [0, 0.05) is 11.6 Å². The van der Waals surface area contributed by atoms with Crippen molar-refractivity contribution in [3.8, 4) is 5.75 Å². The van der Waals surface area contributed by atoms with Gasteiger partial charge >= 0.3 is 6.18 Å². The van der Waals surface area contributed by atoms with Crippen LogP contribution in [0.2, 0.25) is 0 Å². The van der Waals surface area contributed by atoms with E-state index in [0.717, 1.165) is 12.1 Å². The van der Waals surface area contributed by atoms with Gasteiger partial charge in [-0.1, -0.05) is 6.07 Å². The van der Waals surface area contributed by atoms with Gasteiger partial charge in [-0.15, -0.1) is 0 Å². The maximum Gasteiger partial charge on any atom is 0.416 e. The van der Waals surface area contributed by atoms with E-state index in [9.17, 15) is 18.3 Å². The smallest absolute Gasteiger partial charge is 0.416 e. The molecule has 0 aliphatic rings. The van der Waals surface area contributed by atoms with E-state index in [1.165, 1.54) is 13.2 Å². The van der Waals surface area contributed by atoms with Crippen LogP contribution < -0.4 is 15.8 Å². The molecular weight excluding hydrogens is 273 g/mol. The van der Waals surface area contributed by atoms with Crippen LogP contribution >= 0.6 is 0 Å². The first-order valence-electron chi connectivity index (χ1n) is 6.15. The van der Waals surface area contributed by atoms with E-state index in [4.69, 9.17) is 10.5 Å². The molecule has 0 radical (unpaired) electrons. The van der Waals surface area contributed by atoms with Gasteiger partial charge in [-0.25, -0.2) is 0 Å². The maximum absolute atomic E-state index is 12.6. The lowest BCUT2D eigenvalue weighted by molar-refractivity contribution is -0.137. The second-order valence-corrected chi connectivity index (χ2v) is 4.37. The summed E-state index contributed by atoms with van der Waals surface area (Å²) in [6, 6.07) is 2.68. The molecule has 7 heteroatoms. The van der Waals surface area contributed by atoms with E-state index in [1.54, 1.807) is 7.05 Å². The Hall–Kier alpha value is -1.31. The molecule has 0 bridgehead atoms. The lowest BCUT2D eigenvalue weighted by atomic mass is 9.97. The van der Waals surface area contributed by atoms with Crippen molar-refractivity contribution in [3.63, 3.8) is 0 Å². The Balaban J connectivity index is 3.12. The number of benzene rings is 1. The molecule has 1 aromatic carbocycles. The van der Waals surface area contributed by atoms with Crippen LogP contribution in [0, 0.1) is 0 Å². The van der Waals surface area contributed by atoms with Crippen LogP contribution in [0.4, 0.5) is 13.2 Å². The molecule has 4 N–H and O–H groups in total. The molecule has 0 aliphatic carbocycles. The number of hydrogen-bond donors (Lipinski definition) is 3. The summed E-state index contributed by atoms with van der Waals surface area (Å²) >= 11 is 0. The molecule has 0 saturated carbocycles. The van der Waals surface area contributed by atoms with Crippen molar-refractivity contribution >= 4 is 0 Å². The zero-order valence-corrected chi connectivity index (χ0v) is 11.4. The van der Waals surface area contributed by atoms with E-state index < -0.39 is 17.8 Å². The minimum atomic E-state index is -4.45. The van der Waals surface area contributed by atoms with E-state index in [-0.39, 0.29) is 11.8 Å². The van der Waals surface area contributed by atoms with Gasteiger partial charge in [0.15, 0.2) is 0 Å². The second-order valence-electron chi connectivity index (χ2n) is 4.37. The number of rotatable bonds is 6. The van der Waals surface area contributed by atoms with Gasteiger partial charge in [-0.05, 0) is 32.1 Å². The van der Waals surface area contributed by atoms with Crippen LogP contribution in [0.3, 0.4) is 0 Å². The normalized spacial score (nSPS) is 14.9. The molecule has 0 aliphatic heterocycles. The van der Waals surface area contributed by atoms with E-state index >= 15 is 0 Å². The third kappa shape index (κ3) is 3.84. The van der Waals surface area contributed by atoms with Crippen molar-refractivity contribution in [3.05, 3.63) is 29.3 Å². The highest BCUT2D eigenvalue weighted by atomic mass is 19.4. The molecule has 0 aromatic heterocycles. The fourth-order valence-electron chi connectivity index (χ4n) is 1.99. The van der Waals surface area contributed by atoms with Gasteiger partial charge in [-0.2, -0.15) is 13.2 Å². The van der Waals surface area contributed by atoms with Gasteiger partial charge in [0.05, 0.1) is 18.8 Å². The predicted octanol–water partition coefficient (Wildman–Crippen LogP) is 1.68. The third-order valence-corrected chi connectivity index (χ3v) is 3.11. The molecule has 114 valence electrons. The first-order valence-corrected chi connectivity index (χ1v) is 6.15. The predicted molar refractivity (Wildman–Crippen MR) is 69.5 cm³/mol. The zero-order chi connectivity index (χ0) is 15.3. The average Bonchev–Trinajstić information content (AvgIpc) is 2.42. The van der Waals surface area contributed by atoms with Crippen LogP contribution in [-0.4, -0.2) is 31.9 Å². The number of aliphatic hydroxyl groups is 1. The largest absolute Gasteiger partial charge is 0.496 e. The molecule has 1 rings (SSSR count). The molecule has 0 fully saturated rings. The molecule has 2 unspecified atom stereocenters. The third-order valence-electron chi connectivity index (χ3n) is 3.11. The number of likely N-dealkylation sites (N-methyl/N-ethyl adjacent to an activating group) is 1. The summed E-state index contributed by atoms with van der Waals surface area (Å²) in [4.78, 5) is 0. The van der Waals surface area contributed by atoms with E-state index in [0.29, 0.717) is 18.5 Å². The molecule has 0 spiro atoms. The number of methoxy groups -OCH3 is 1. The average molecular weight is 292 g/mol. The van der Waals surface area contributed by atoms with Crippen molar-refractivity contribution in [2.75, 3.05) is 20.7 Å². The minimum absolute atomic E-state index is 0.00426. The number of aliphatic hydroxyl groups excluding tert-OH is 1. The molecule has 20 heavy (non-hydrogen) atoms. The van der Waals surface area contributed by atoms with E-state index in [2.05, 4.69) is 5.32 Å². The van der Waals surface area contributed by atoms with Gasteiger partial charge in [0.2, 0.25) is 0 Å². The summed E-state index contributed by atoms with van der Waals surface area (Å²) < 4.78 is 42.9. The van der Waals surface area contributed by atoms with Gasteiger partial charge < -0.3 is 20.9 Å². The molecular formula is C13H19F3N2O2. The summed E-state index contributed by atoms with van der Waals surface area (Å²) in [7, 11) is 2.92. The number of ether oxygens (including phenoxy) is 1. The van der Waals surface area contributed by atoms with Gasteiger partial charge in [-0.3, -0.25) is 0 Å². The fraction of sp³-hybridized carbons (Fsp3) is 0.538.